The summed E-state index contributed by atoms with van der Waals surface area (Å²) in [5.74, 6) is 2.64. The molecule has 1 heterocycles. The zero-order valence-corrected chi connectivity index (χ0v) is 14.0. The number of nitrogens with zero attached hydrogens (tertiary/aromatic N) is 2. The van der Waals surface area contributed by atoms with Gasteiger partial charge in [0, 0.05) is 5.69 Å². The predicted octanol–water partition coefficient (Wildman–Crippen LogP) is 3.17. The van der Waals surface area contributed by atoms with E-state index in [1.54, 1.807) is 37.4 Å². The van der Waals surface area contributed by atoms with Crippen molar-refractivity contribution >= 4 is 33.5 Å². The molecule has 0 aliphatic carbocycles. The van der Waals surface area contributed by atoms with Crippen LogP contribution in [0.4, 0.5) is 11.6 Å². The van der Waals surface area contributed by atoms with E-state index in [1.165, 1.54) is 0 Å². The van der Waals surface area contributed by atoms with E-state index in [1.807, 2.05) is 0 Å². The fourth-order valence-electron chi connectivity index (χ4n) is 1.69. The Morgan fingerprint density at radius 2 is 2.30 bits per heavy atom. The van der Waals surface area contributed by atoms with Crippen LogP contribution < -0.4 is 10.1 Å². The maximum Gasteiger partial charge on any atom is 0.338 e. The third-order valence-electron chi connectivity index (χ3n) is 2.63. The van der Waals surface area contributed by atoms with E-state index in [0.29, 0.717) is 34.2 Å². The van der Waals surface area contributed by atoms with Crippen LogP contribution in [0.25, 0.3) is 0 Å². The highest BCUT2D eigenvalue weighted by Gasteiger charge is 2.09. The van der Waals surface area contributed by atoms with Crippen molar-refractivity contribution in [3.63, 3.8) is 0 Å². The van der Waals surface area contributed by atoms with Gasteiger partial charge in [0.15, 0.2) is 6.61 Å². The van der Waals surface area contributed by atoms with E-state index in [-0.39, 0.29) is 12.6 Å². The SMILES string of the molecule is C#CCOc1nc(Nc2cccc(C(=O)OCC)c2)ncc1Br. The molecule has 0 saturated heterocycles. The predicted molar refractivity (Wildman–Crippen MR) is 89.7 cm³/mol. The number of ether oxygens (including phenoxy) is 2. The van der Waals surface area contributed by atoms with Crippen LogP contribution in [0.3, 0.4) is 0 Å². The zero-order valence-electron chi connectivity index (χ0n) is 12.4. The molecule has 1 aromatic carbocycles. The van der Waals surface area contributed by atoms with Crippen LogP contribution >= 0.6 is 15.9 Å². The summed E-state index contributed by atoms with van der Waals surface area (Å²) in [7, 11) is 0. The summed E-state index contributed by atoms with van der Waals surface area (Å²) in [6.45, 7) is 2.18. The summed E-state index contributed by atoms with van der Waals surface area (Å²) < 4.78 is 10.9. The van der Waals surface area contributed by atoms with E-state index in [9.17, 15) is 4.79 Å². The smallest absolute Gasteiger partial charge is 0.338 e. The second kappa shape index (κ2) is 8.15. The molecule has 2 rings (SSSR count). The van der Waals surface area contributed by atoms with Gasteiger partial charge in [-0.15, -0.1) is 6.42 Å². The highest BCUT2D eigenvalue weighted by atomic mass is 79.9. The van der Waals surface area contributed by atoms with Gasteiger partial charge in [0.2, 0.25) is 11.8 Å². The van der Waals surface area contributed by atoms with Crippen molar-refractivity contribution in [2.24, 2.45) is 0 Å². The molecule has 0 amide bonds. The summed E-state index contributed by atoms with van der Waals surface area (Å²) in [6.07, 6.45) is 6.72. The van der Waals surface area contributed by atoms with Crippen LogP contribution in [0.2, 0.25) is 0 Å². The molecule has 0 radical (unpaired) electrons. The van der Waals surface area contributed by atoms with Crippen molar-refractivity contribution in [2.75, 3.05) is 18.5 Å². The van der Waals surface area contributed by atoms with Gasteiger partial charge in [-0.2, -0.15) is 4.98 Å². The van der Waals surface area contributed by atoms with Crippen LogP contribution in [-0.4, -0.2) is 29.2 Å². The molecule has 0 atom stereocenters. The van der Waals surface area contributed by atoms with E-state index >= 15 is 0 Å². The summed E-state index contributed by atoms with van der Waals surface area (Å²) >= 11 is 3.29. The fourth-order valence-corrected chi connectivity index (χ4v) is 2.00. The van der Waals surface area contributed by atoms with Gasteiger partial charge < -0.3 is 14.8 Å². The number of rotatable bonds is 6. The molecule has 0 unspecified atom stereocenters. The van der Waals surface area contributed by atoms with Gasteiger partial charge in [0.1, 0.15) is 0 Å². The topological polar surface area (TPSA) is 73.3 Å². The number of carbonyl (C=O) groups is 1. The Morgan fingerprint density at radius 3 is 3.04 bits per heavy atom. The minimum Gasteiger partial charge on any atom is -0.464 e. The van der Waals surface area contributed by atoms with Gasteiger partial charge in [-0.1, -0.05) is 12.0 Å². The summed E-state index contributed by atoms with van der Waals surface area (Å²) in [6, 6.07) is 6.86. The lowest BCUT2D eigenvalue weighted by Crippen LogP contribution is -2.06. The third-order valence-corrected chi connectivity index (χ3v) is 3.18. The van der Waals surface area contributed by atoms with Gasteiger partial charge in [0.25, 0.3) is 0 Å². The number of hydrogen-bond donors (Lipinski definition) is 1. The van der Waals surface area contributed by atoms with Crippen LogP contribution in [0.15, 0.2) is 34.9 Å². The Kier molecular flexibility index (Phi) is 5.94. The molecule has 6 nitrogen and oxygen atoms in total. The molecule has 1 N–H and O–H groups in total. The summed E-state index contributed by atoms with van der Waals surface area (Å²) in [5.41, 5.74) is 1.10. The standard InChI is InChI=1S/C16H14BrN3O3/c1-3-8-23-14-13(17)10-18-16(20-14)19-12-7-5-6-11(9-12)15(21)22-4-2/h1,5-7,9-10H,4,8H2,2H3,(H,18,19,20). The van der Waals surface area contributed by atoms with E-state index in [0.717, 1.165) is 0 Å². The minimum atomic E-state index is -0.383. The molecule has 23 heavy (non-hydrogen) atoms. The fraction of sp³-hybridized carbons (Fsp3) is 0.188. The number of anilines is 2. The monoisotopic (exact) mass is 375 g/mol. The molecular formula is C16H14BrN3O3. The second-order valence-corrected chi connectivity index (χ2v) is 5.12. The number of hydrogen-bond acceptors (Lipinski definition) is 6. The number of esters is 1. The number of benzene rings is 1. The third kappa shape index (κ3) is 4.69. The first-order valence-corrected chi connectivity index (χ1v) is 7.56. The minimum absolute atomic E-state index is 0.105. The normalized spacial score (nSPS) is 9.78. The molecule has 0 aliphatic heterocycles. The highest BCUT2D eigenvalue weighted by molar-refractivity contribution is 9.10. The van der Waals surface area contributed by atoms with Crippen molar-refractivity contribution in [3.8, 4) is 18.2 Å². The highest BCUT2D eigenvalue weighted by Crippen LogP contribution is 2.24. The van der Waals surface area contributed by atoms with Crippen molar-refractivity contribution in [1.82, 2.24) is 9.97 Å². The van der Waals surface area contributed by atoms with E-state index in [2.05, 4.69) is 37.1 Å². The van der Waals surface area contributed by atoms with Crippen molar-refractivity contribution in [1.29, 1.82) is 0 Å². The first-order chi connectivity index (χ1) is 11.1. The van der Waals surface area contributed by atoms with Gasteiger partial charge in [0.05, 0.1) is 22.8 Å². The number of terminal acetylenes is 1. The Morgan fingerprint density at radius 1 is 1.48 bits per heavy atom. The van der Waals surface area contributed by atoms with Crippen LogP contribution in [0.1, 0.15) is 17.3 Å². The van der Waals surface area contributed by atoms with Crippen LogP contribution in [-0.2, 0) is 4.74 Å². The molecule has 7 heteroatoms. The summed E-state index contributed by atoms with van der Waals surface area (Å²) in [4.78, 5) is 20.1. The van der Waals surface area contributed by atoms with Gasteiger partial charge in [-0.3, -0.25) is 0 Å². The number of aromatic nitrogens is 2. The quantitative estimate of drug-likeness (QED) is 0.617. The molecule has 0 saturated carbocycles. The number of nitrogens with one attached hydrogen (secondary N) is 1. The van der Waals surface area contributed by atoms with Crippen LogP contribution in [0, 0.1) is 12.3 Å². The molecule has 2 aromatic rings. The number of halogens is 1. The average molecular weight is 376 g/mol. The zero-order chi connectivity index (χ0) is 16.7. The lowest BCUT2D eigenvalue weighted by molar-refractivity contribution is 0.0526. The van der Waals surface area contributed by atoms with Crippen molar-refractivity contribution < 1.29 is 14.3 Å². The first-order valence-electron chi connectivity index (χ1n) is 6.77. The van der Waals surface area contributed by atoms with E-state index < -0.39 is 0 Å². The Balaban J connectivity index is 2.17. The lowest BCUT2D eigenvalue weighted by Gasteiger charge is -2.09. The first kappa shape index (κ1) is 16.8. The Hall–Kier alpha value is -2.59. The van der Waals surface area contributed by atoms with Crippen LogP contribution in [0.5, 0.6) is 5.88 Å². The molecule has 0 aliphatic rings. The Bertz CT molecular complexity index is 744. The van der Waals surface area contributed by atoms with Gasteiger partial charge in [-0.05, 0) is 41.1 Å². The molecule has 118 valence electrons. The maximum atomic E-state index is 11.7. The average Bonchev–Trinajstić information content (AvgIpc) is 2.56. The van der Waals surface area contributed by atoms with E-state index in [4.69, 9.17) is 15.9 Å². The molecular weight excluding hydrogens is 362 g/mol. The molecule has 0 bridgehead atoms. The van der Waals surface area contributed by atoms with Crippen molar-refractivity contribution in [3.05, 3.63) is 40.5 Å². The molecule has 1 aromatic heterocycles. The largest absolute Gasteiger partial charge is 0.464 e. The lowest BCUT2D eigenvalue weighted by atomic mass is 10.2. The summed E-state index contributed by atoms with van der Waals surface area (Å²) in [5, 5.41) is 3.00. The molecule has 0 fully saturated rings. The maximum absolute atomic E-state index is 11.7. The molecule has 0 spiro atoms. The second-order valence-electron chi connectivity index (χ2n) is 4.27. The number of carbonyl (C=O) groups excluding carboxylic acids is 1. The van der Waals surface area contributed by atoms with Crippen molar-refractivity contribution in [2.45, 2.75) is 6.92 Å². The van der Waals surface area contributed by atoms with Gasteiger partial charge >= 0.3 is 5.97 Å². The Labute approximate surface area is 142 Å². The van der Waals surface area contributed by atoms with Gasteiger partial charge in [-0.25, -0.2) is 9.78 Å².